The van der Waals surface area contributed by atoms with Gasteiger partial charge in [0.15, 0.2) is 0 Å². The quantitative estimate of drug-likeness (QED) is 0.353. The summed E-state index contributed by atoms with van der Waals surface area (Å²) in [6, 6.07) is 0. The largest absolute Gasteiger partial charge is 2.00 e. The average Bonchev–Trinajstić information content (AvgIpc) is 0. The topological polar surface area (TPSA) is 315 Å². The van der Waals surface area contributed by atoms with Gasteiger partial charge in [-0.05, 0) is 0 Å². The van der Waals surface area contributed by atoms with Crippen LogP contribution in [0.3, 0.4) is 0 Å². The molecule has 0 atom stereocenters. The van der Waals surface area contributed by atoms with Crippen LogP contribution in [0.1, 0.15) is 0 Å². The van der Waals surface area contributed by atoms with Crippen LogP contribution in [-0.4, -0.2) is 92.5 Å². The van der Waals surface area contributed by atoms with Crippen molar-refractivity contribution in [1.82, 2.24) is 0 Å². The summed E-state index contributed by atoms with van der Waals surface area (Å²) in [7, 11) is 0. The van der Waals surface area contributed by atoms with Gasteiger partial charge < -0.3 is 88.7 Å². The molecule has 0 aromatic heterocycles. The van der Waals surface area contributed by atoms with Crippen molar-refractivity contribution in [2.45, 2.75) is 0 Å². The van der Waals surface area contributed by atoms with Crippen LogP contribution in [0.4, 0.5) is 0 Å². The minimum atomic E-state index is 0. The van der Waals surface area contributed by atoms with Crippen LogP contribution >= 0.6 is 0 Å². The van der Waals surface area contributed by atoms with Crippen molar-refractivity contribution in [1.29, 1.82) is 0 Å². The van der Waals surface area contributed by atoms with Gasteiger partial charge in [-0.3, -0.25) is 0 Å². The molecule has 0 saturated heterocycles. The summed E-state index contributed by atoms with van der Waals surface area (Å²) in [4.78, 5) is 0. The Bertz CT molecular complexity index is 12.9. The number of hydrogen-bond donors (Lipinski definition) is 0. The third-order valence-electron chi connectivity index (χ3n) is 0. The molecule has 0 aliphatic rings. The second-order valence-electron chi connectivity index (χ2n) is 0. The molecule has 0 heterocycles. The zero-order valence-electron chi connectivity index (χ0n) is 6.46. The molecule has 0 aliphatic heterocycles. The van der Waals surface area contributed by atoms with E-state index in [1.54, 1.807) is 0 Å². The zero-order chi connectivity index (χ0) is 0. The molecule has 0 saturated carbocycles. The molecular formula is H20Br2CaO10. The van der Waals surface area contributed by atoms with Crippen molar-refractivity contribution >= 4 is 37.7 Å². The molecule has 0 aliphatic carbocycles. The van der Waals surface area contributed by atoms with Gasteiger partial charge in [0, 0.05) is 0 Å². The van der Waals surface area contributed by atoms with E-state index in [0.29, 0.717) is 0 Å². The van der Waals surface area contributed by atoms with E-state index in [2.05, 4.69) is 0 Å². The molecule has 13 heteroatoms. The molecule has 20 N–H and O–H groups in total. The molecule has 13 heavy (non-hydrogen) atoms. The first-order valence-electron chi connectivity index (χ1n) is 0. The molecule has 0 spiro atoms. The Morgan fingerprint density at radius 2 is 0.231 bits per heavy atom. The van der Waals surface area contributed by atoms with Gasteiger partial charge in [0.25, 0.3) is 0 Å². The molecule has 0 bridgehead atoms. The van der Waals surface area contributed by atoms with Gasteiger partial charge in [-0.2, -0.15) is 0 Å². The first kappa shape index (κ1) is 855. The molecule has 0 unspecified atom stereocenters. The van der Waals surface area contributed by atoms with Gasteiger partial charge in [0.1, 0.15) is 0 Å². The molecule has 0 amide bonds. The summed E-state index contributed by atoms with van der Waals surface area (Å²) in [5.41, 5.74) is 0. The second kappa shape index (κ2) is 686. The Morgan fingerprint density at radius 1 is 0.231 bits per heavy atom. The summed E-state index contributed by atoms with van der Waals surface area (Å²) >= 11 is 0. The summed E-state index contributed by atoms with van der Waals surface area (Å²) in [5.74, 6) is 0. The monoisotopic (exact) mass is 378 g/mol. The summed E-state index contributed by atoms with van der Waals surface area (Å²) < 4.78 is 0. The minimum Gasteiger partial charge on any atom is -1.00 e. The Hall–Kier alpha value is 1.82. The SMILES string of the molecule is O.O.O.O.O.O.O.O.O.O.[Br-].[Br-].[Ca+2]. The summed E-state index contributed by atoms with van der Waals surface area (Å²) in [6.45, 7) is 0. The molecule has 0 aromatic carbocycles. The van der Waals surface area contributed by atoms with Gasteiger partial charge >= 0.3 is 37.7 Å². The molecule has 96 valence electrons. The number of halogens is 2. The van der Waals surface area contributed by atoms with Gasteiger partial charge in [0.05, 0.1) is 0 Å². The van der Waals surface area contributed by atoms with Crippen LogP contribution in [0, 0.1) is 0 Å². The van der Waals surface area contributed by atoms with Gasteiger partial charge in [-0.1, -0.05) is 0 Å². The smallest absolute Gasteiger partial charge is 1.00 e. The Labute approximate surface area is 125 Å². The van der Waals surface area contributed by atoms with Crippen LogP contribution in [0.2, 0.25) is 0 Å². The average molecular weight is 380 g/mol. The van der Waals surface area contributed by atoms with Crippen LogP contribution < -0.4 is 34.0 Å². The van der Waals surface area contributed by atoms with Crippen molar-refractivity contribution in [3.63, 3.8) is 0 Å². The van der Waals surface area contributed by atoms with E-state index in [9.17, 15) is 0 Å². The predicted octanol–water partition coefficient (Wildman–Crippen LogP) is -14.6. The fourth-order valence-corrected chi connectivity index (χ4v) is 0. The van der Waals surface area contributed by atoms with Crippen molar-refractivity contribution in [2.24, 2.45) is 0 Å². The van der Waals surface area contributed by atoms with Crippen molar-refractivity contribution in [3.8, 4) is 0 Å². The Morgan fingerprint density at radius 3 is 0.231 bits per heavy atom. The van der Waals surface area contributed by atoms with Crippen LogP contribution in [-0.2, 0) is 0 Å². The first-order chi connectivity index (χ1) is 0. The van der Waals surface area contributed by atoms with Crippen LogP contribution in [0.5, 0.6) is 0 Å². The minimum absolute atomic E-state index is 0. The fraction of sp³-hybridized carbons (Fsp3) is 0. The standard InChI is InChI=1S/2BrH.Ca.10H2O/h2*1H;;10*1H2/q;;+2;;;;;;;;;;/p-2. The fourth-order valence-electron chi connectivity index (χ4n) is 0. The maximum absolute atomic E-state index is 0. The van der Waals surface area contributed by atoms with Crippen LogP contribution in [0.25, 0.3) is 0 Å². The summed E-state index contributed by atoms with van der Waals surface area (Å²) in [5, 5.41) is 0. The normalized spacial score (nSPS) is 0. The van der Waals surface area contributed by atoms with Gasteiger partial charge in [-0.25, -0.2) is 0 Å². The van der Waals surface area contributed by atoms with E-state index < -0.39 is 0 Å². The molecule has 0 radical (unpaired) electrons. The van der Waals surface area contributed by atoms with E-state index >= 15 is 0 Å². The predicted molar refractivity (Wildman–Crippen MR) is 41.9 cm³/mol. The summed E-state index contributed by atoms with van der Waals surface area (Å²) in [6.07, 6.45) is 0. The second-order valence-corrected chi connectivity index (χ2v) is 0. The molecule has 0 rings (SSSR count). The third-order valence-corrected chi connectivity index (χ3v) is 0. The van der Waals surface area contributed by atoms with E-state index in [-0.39, 0.29) is 126 Å². The zero-order valence-corrected chi connectivity index (χ0v) is 11.8. The van der Waals surface area contributed by atoms with Gasteiger partial charge in [-0.15, -0.1) is 0 Å². The number of hydrogen-bond acceptors (Lipinski definition) is 0. The third kappa shape index (κ3) is 583. The molecule has 0 aromatic rings. The maximum Gasteiger partial charge on any atom is 2.00 e. The van der Waals surface area contributed by atoms with E-state index in [4.69, 9.17) is 0 Å². The Balaban J connectivity index is 0. The van der Waals surface area contributed by atoms with Crippen molar-refractivity contribution in [2.75, 3.05) is 0 Å². The molecule has 10 nitrogen and oxygen atoms in total. The van der Waals surface area contributed by atoms with Crippen molar-refractivity contribution < 1.29 is 88.7 Å². The first-order valence-corrected chi connectivity index (χ1v) is 0. The van der Waals surface area contributed by atoms with Crippen molar-refractivity contribution in [3.05, 3.63) is 0 Å². The maximum atomic E-state index is 0. The van der Waals surface area contributed by atoms with E-state index in [0.717, 1.165) is 0 Å². The molecular weight excluding hydrogens is 360 g/mol. The van der Waals surface area contributed by atoms with Crippen LogP contribution in [0.15, 0.2) is 0 Å². The van der Waals surface area contributed by atoms with E-state index in [1.165, 1.54) is 0 Å². The van der Waals surface area contributed by atoms with E-state index in [1.807, 2.05) is 0 Å². The molecule has 0 fully saturated rings. The van der Waals surface area contributed by atoms with Gasteiger partial charge in [0.2, 0.25) is 0 Å². The number of rotatable bonds is 0. The Kier molecular flexibility index (Phi) is 45100.